The number of piperidine rings is 1. The van der Waals surface area contributed by atoms with Crippen molar-refractivity contribution in [2.45, 2.75) is 45.3 Å². The second kappa shape index (κ2) is 10.7. The lowest BCUT2D eigenvalue weighted by molar-refractivity contribution is -0.128. The summed E-state index contributed by atoms with van der Waals surface area (Å²) in [5.74, 6) is 0.341. The van der Waals surface area contributed by atoms with Gasteiger partial charge in [-0.1, -0.05) is 19.1 Å². The number of hydrogen-bond acceptors (Lipinski definition) is 5. The molecule has 174 valence electrons. The molecule has 0 unspecified atom stereocenters. The number of nitrogens with zero attached hydrogens (tertiary/aromatic N) is 2. The van der Waals surface area contributed by atoms with E-state index in [4.69, 9.17) is 4.74 Å². The Morgan fingerprint density at radius 2 is 1.69 bits per heavy atom. The summed E-state index contributed by atoms with van der Waals surface area (Å²) < 4.78 is 30.4. The van der Waals surface area contributed by atoms with Crippen LogP contribution >= 0.6 is 0 Å². The van der Waals surface area contributed by atoms with Crippen molar-refractivity contribution < 1.29 is 17.9 Å². The molecule has 2 aromatic carbocycles. The molecule has 0 radical (unpaired) electrons. The molecule has 1 saturated heterocycles. The third kappa shape index (κ3) is 6.38. The topological polar surface area (TPSA) is 78.9 Å². The van der Waals surface area contributed by atoms with Crippen LogP contribution in [0.5, 0.6) is 5.75 Å². The number of sulfonamides is 1. The number of benzene rings is 2. The number of carbonyl (C=O) groups excluding carboxylic acids is 1. The lowest BCUT2D eigenvalue weighted by Crippen LogP contribution is -2.37. The van der Waals surface area contributed by atoms with Crippen molar-refractivity contribution >= 4 is 27.3 Å². The normalized spacial score (nSPS) is 15.2. The third-order valence-corrected chi connectivity index (χ3v) is 6.97. The summed E-state index contributed by atoms with van der Waals surface area (Å²) in [5, 5.41) is 2.95. The van der Waals surface area contributed by atoms with Gasteiger partial charge < -0.3 is 15.0 Å². The summed E-state index contributed by atoms with van der Waals surface area (Å²) in [6.07, 6.45) is 4.84. The van der Waals surface area contributed by atoms with E-state index in [1.807, 2.05) is 6.92 Å². The quantitative estimate of drug-likeness (QED) is 0.620. The number of hydrogen-bond donors (Lipinski definition) is 1. The van der Waals surface area contributed by atoms with Crippen LogP contribution in [0.3, 0.4) is 0 Å². The van der Waals surface area contributed by atoms with Gasteiger partial charge in [-0.3, -0.25) is 9.10 Å². The molecular formula is C24H33N3O4S. The molecule has 0 saturated carbocycles. The monoisotopic (exact) mass is 459 g/mol. The number of carbonyl (C=O) groups is 1. The van der Waals surface area contributed by atoms with Gasteiger partial charge in [-0.05, 0) is 67.6 Å². The Morgan fingerprint density at radius 3 is 2.25 bits per heavy atom. The molecule has 1 fully saturated rings. The van der Waals surface area contributed by atoms with E-state index in [1.54, 1.807) is 24.3 Å². The fourth-order valence-electron chi connectivity index (χ4n) is 3.69. The number of amides is 1. The Labute approximate surface area is 191 Å². The zero-order valence-electron chi connectivity index (χ0n) is 19.1. The highest BCUT2D eigenvalue weighted by molar-refractivity contribution is 7.92. The first-order valence-electron chi connectivity index (χ1n) is 11.1. The van der Waals surface area contributed by atoms with Crippen molar-refractivity contribution in [3.63, 3.8) is 0 Å². The van der Waals surface area contributed by atoms with Gasteiger partial charge in [0.15, 0.2) is 6.10 Å². The van der Waals surface area contributed by atoms with E-state index in [2.05, 4.69) is 34.5 Å². The Morgan fingerprint density at radius 1 is 1.06 bits per heavy atom. The SMILES string of the molecule is CC[C@H](Oc1ccc(N(C)S(C)(=O)=O)cc1)C(=O)NCc1ccc(N2CCCCC2)cc1. The maximum absolute atomic E-state index is 12.6. The molecule has 0 bridgehead atoms. The average Bonchev–Trinajstić information content (AvgIpc) is 2.81. The minimum atomic E-state index is -3.33. The van der Waals surface area contributed by atoms with Crippen LogP contribution in [-0.2, 0) is 21.4 Å². The first-order chi connectivity index (χ1) is 15.3. The van der Waals surface area contributed by atoms with E-state index in [1.165, 1.54) is 36.3 Å². The van der Waals surface area contributed by atoms with E-state index in [0.717, 1.165) is 24.9 Å². The Balaban J connectivity index is 1.53. The predicted octanol–water partition coefficient (Wildman–Crippen LogP) is 3.55. The molecule has 1 amide bonds. The zero-order chi connectivity index (χ0) is 23.1. The smallest absolute Gasteiger partial charge is 0.261 e. The molecule has 32 heavy (non-hydrogen) atoms. The van der Waals surface area contributed by atoms with Gasteiger partial charge >= 0.3 is 0 Å². The van der Waals surface area contributed by atoms with Gasteiger partial charge in [-0.2, -0.15) is 0 Å². The molecule has 2 aromatic rings. The molecular weight excluding hydrogens is 426 g/mol. The van der Waals surface area contributed by atoms with E-state index < -0.39 is 16.1 Å². The van der Waals surface area contributed by atoms with Crippen LogP contribution in [-0.4, -0.2) is 46.8 Å². The number of anilines is 2. The van der Waals surface area contributed by atoms with E-state index in [-0.39, 0.29) is 5.91 Å². The molecule has 0 aliphatic carbocycles. The minimum Gasteiger partial charge on any atom is -0.481 e. The van der Waals surface area contributed by atoms with Crippen molar-refractivity contribution in [2.75, 3.05) is 35.6 Å². The molecule has 1 N–H and O–H groups in total. The van der Waals surface area contributed by atoms with Crippen molar-refractivity contribution in [3.8, 4) is 5.75 Å². The van der Waals surface area contributed by atoms with Gasteiger partial charge in [0.05, 0.1) is 11.9 Å². The van der Waals surface area contributed by atoms with Gasteiger partial charge in [0.2, 0.25) is 10.0 Å². The van der Waals surface area contributed by atoms with E-state index in [0.29, 0.717) is 24.4 Å². The number of nitrogens with one attached hydrogen (secondary N) is 1. The molecule has 1 heterocycles. The summed E-state index contributed by atoms with van der Waals surface area (Å²) in [6, 6.07) is 15.0. The van der Waals surface area contributed by atoms with Crippen LogP contribution in [0.15, 0.2) is 48.5 Å². The van der Waals surface area contributed by atoms with E-state index in [9.17, 15) is 13.2 Å². The molecule has 1 atom stereocenters. The summed E-state index contributed by atoms with van der Waals surface area (Å²) in [4.78, 5) is 15.0. The standard InChI is InChI=1S/C24H33N3O4S/c1-4-23(31-22-14-12-20(13-15-22)26(2)32(3,29)30)24(28)25-18-19-8-10-21(11-9-19)27-16-6-5-7-17-27/h8-15,23H,4-7,16-18H2,1-3H3,(H,25,28)/t23-/m0/s1. The molecule has 0 aromatic heterocycles. The number of ether oxygens (including phenoxy) is 1. The summed E-state index contributed by atoms with van der Waals surface area (Å²) in [7, 11) is -1.83. The predicted molar refractivity (Wildman–Crippen MR) is 129 cm³/mol. The fourth-order valence-corrected chi connectivity index (χ4v) is 4.20. The molecule has 1 aliphatic rings. The van der Waals surface area contributed by atoms with Gasteiger partial charge in [0, 0.05) is 32.4 Å². The van der Waals surface area contributed by atoms with Crippen molar-refractivity contribution in [1.82, 2.24) is 5.32 Å². The van der Waals surface area contributed by atoms with Gasteiger partial charge in [-0.25, -0.2) is 8.42 Å². The van der Waals surface area contributed by atoms with Crippen LogP contribution in [0, 0.1) is 0 Å². The third-order valence-electron chi connectivity index (χ3n) is 5.76. The Kier molecular flexibility index (Phi) is 8.01. The second-order valence-electron chi connectivity index (χ2n) is 8.17. The molecule has 8 heteroatoms. The fraction of sp³-hybridized carbons (Fsp3) is 0.458. The van der Waals surface area contributed by atoms with Crippen molar-refractivity contribution in [2.24, 2.45) is 0 Å². The van der Waals surface area contributed by atoms with Crippen LogP contribution in [0.2, 0.25) is 0 Å². The Bertz CT molecular complexity index is 985. The van der Waals surface area contributed by atoms with Crippen LogP contribution < -0.4 is 19.3 Å². The molecule has 1 aliphatic heterocycles. The minimum absolute atomic E-state index is 0.176. The van der Waals surface area contributed by atoms with Gasteiger partial charge in [0.25, 0.3) is 5.91 Å². The maximum atomic E-state index is 12.6. The summed E-state index contributed by atoms with van der Waals surface area (Å²) >= 11 is 0. The Hall–Kier alpha value is -2.74. The van der Waals surface area contributed by atoms with Gasteiger partial charge in [0.1, 0.15) is 5.75 Å². The first-order valence-corrected chi connectivity index (χ1v) is 12.9. The highest BCUT2D eigenvalue weighted by Crippen LogP contribution is 2.22. The summed E-state index contributed by atoms with van der Waals surface area (Å²) in [6.45, 7) is 4.55. The highest BCUT2D eigenvalue weighted by Gasteiger charge is 2.19. The second-order valence-corrected chi connectivity index (χ2v) is 10.2. The lowest BCUT2D eigenvalue weighted by Gasteiger charge is -2.28. The van der Waals surface area contributed by atoms with Crippen LogP contribution in [0.1, 0.15) is 38.2 Å². The molecule has 7 nitrogen and oxygen atoms in total. The van der Waals surface area contributed by atoms with Crippen molar-refractivity contribution in [3.05, 3.63) is 54.1 Å². The van der Waals surface area contributed by atoms with Gasteiger partial charge in [-0.15, -0.1) is 0 Å². The van der Waals surface area contributed by atoms with Crippen LogP contribution in [0.4, 0.5) is 11.4 Å². The zero-order valence-corrected chi connectivity index (χ0v) is 19.9. The summed E-state index contributed by atoms with van der Waals surface area (Å²) in [5.41, 5.74) is 2.81. The lowest BCUT2D eigenvalue weighted by atomic mass is 10.1. The van der Waals surface area contributed by atoms with E-state index >= 15 is 0 Å². The average molecular weight is 460 g/mol. The molecule has 3 rings (SSSR count). The first kappa shape index (κ1) is 23.9. The molecule has 0 spiro atoms. The largest absolute Gasteiger partial charge is 0.481 e. The van der Waals surface area contributed by atoms with Crippen LogP contribution in [0.25, 0.3) is 0 Å². The highest BCUT2D eigenvalue weighted by atomic mass is 32.2. The maximum Gasteiger partial charge on any atom is 0.261 e. The number of rotatable bonds is 9. The van der Waals surface area contributed by atoms with Crippen molar-refractivity contribution in [1.29, 1.82) is 0 Å².